The fourth-order valence-electron chi connectivity index (χ4n) is 0.222. The average molecular weight is 128 g/mol. The molecule has 49 valence electrons. The number of hydrogen-bond donors (Lipinski definition) is 0. The minimum atomic E-state index is -0.578. The molecular weight excluding hydrogens is 122 g/mol. The summed E-state index contributed by atoms with van der Waals surface area (Å²) in [4.78, 5) is 10.2. The van der Waals surface area contributed by atoms with E-state index in [1.807, 2.05) is 0 Å². The van der Waals surface area contributed by atoms with Gasteiger partial charge in [-0.3, -0.25) is 0 Å². The molecule has 0 heterocycles. The highest BCUT2D eigenvalue weighted by atomic mass is 16.6. The molecule has 0 amide bonds. The molecule has 1 radical (unpaired) electrons. The number of carbonyl (C=O) groups is 1. The molecule has 4 heteroatoms. The third-order valence-electron chi connectivity index (χ3n) is 0.548. The van der Waals surface area contributed by atoms with Gasteiger partial charge in [-0.05, 0) is 0 Å². The van der Waals surface area contributed by atoms with Crippen LogP contribution in [0.1, 0.15) is 0 Å². The first-order valence-corrected chi connectivity index (χ1v) is 2.20. The molecule has 0 bridgehead atoms. The molecule has 0 atom stereocenters. The van der Waals surface area contributed by atoms with Crippen LogP contribution in [0.15, 0.2) is 0 Å². The highest BCUT2D eigenvalue weighted by molar-refractivity contribution is 5.70. The summed E-state index contributed by atoms with van der Waals surface area (Å²) < 4.78 is 8.43. The second-order valence-corrected chi connectivity index (χ2v) is 1.17. The van der Waals surface area contributed by atoms with Gasteiger partial charge in [-0.15, -0.1) is 0 Å². The van der Waals surface area contributed by atoms with Crippen molar-refractivity contribution in [1.82, 2.24) is 0 Å². The van der Waals surface area contributed by atoms with Crippen molar-refractivity contribution in [3.63, 3.8) is 0 Å². The molecule has 0 aromatic rings. The Labute approximate surface area is 53.0 Å². The lowest BCUT2D eigenvalue weighted by Gasteiger charge is -1.94. The maximum absolute atomic E-state index is 10.2. The number of esters is 1. The van der Waals surface area contributed by atoms with Crippen molar-refractivity contribution >= 4 is 5.97 Å². The van der Waals surface area contributed by atoms with Crippen molar-refractivity contribution in [2.75, 3.05) is 13.2 Å². The Hall–Kier alpha value is -1.08. The quantitative estimate of drug-likeness (QED) is 0.392. The van der Waals surface area contributed by atoms with Gasteiger partial charge in [-0.1, -0.05) is 0 Å². The van der Waals surface area contributed by atoms with Gasteiger partial charge >= 0.3 is 5.97 Å². The fourth-order valence-corrected chi connectivity index (χ4v) is 0.222. The summed E-state index contributed by atoms with van der Waals surface area (Å²) in [7, 11) is 2.85. The van der Waals surface area contributed by atoms with Gasteiger partial charge in [0.1, 0.15) is 20.3 Å². The smallest absolute Gasteiger partial charge is 0.332 e. The average Bonchev–Trinajstić information content (AvgIpc) is 1.89. The Balaban J connectivity index is 3.09. The zero-order valence-corrected chi connectivity index (χ0v) is 4.79. The maximum atomic E-state index is 10.2. The normalized spacial score (nSPS) is 8.00. The topological polar surface area (TPSA) is 59.3 Å². The Kier molecular flexibility index (Phi) is 4.46. The van der Waals surface area contributed by atoms with Crippen LogP contribution in [0.4, 0.5) is 0 Å². The third kappa shape index (κ3) is 4.78. The van der Waals surface area contributed by atoms with E-state index in [0.29, 0.717) is 0 Å². The van der Waals surface area contributed by atoms with Crippen molar-refractivity contribution in [1.29, 1.82) is 5.26 Å². The Morgan fingerprint density at radius 2 is 2.44 bits per heavy atom. The molecule has 0 rings (SSSR count). The summed E-state index contributed by atoms with van der Waals surface area (Å²) in [5.41, 5.74) is 0. The van der Waals surface area contributed by atoms with E-state index in [9.17, 15) is 4.79 Å². The monoisotopic (exact) mass is 128 g/mol. The first kappa shape index (κ1) is 7.92. The number of rotatable bonds is 3. The van der Waals surface area contributed by atoms with E-state index < -0.39 is 5.97 Å². The van der Waals surface area contributed by atoms with Gasteiger partial charge in [0.25, 0.3) is 0 Å². The first-order valence-electron chi connectivity index (χ1n) is 2.20. The van der Waals surface area contributed by atoms with E-state index in [1.165, 1.54) is 0 Å². The van der Waals surface area contributed by atoms with Crippen LogP contribution in [0.3, 0.4) is 0 Å². The Morgan fingerprint density at radius 3 is 2.89 bits per heavy atom. The summed E-state index contributed by atoms with van der Waals surface area (Å²) in [5, 5.41) is 7.91. The van der Waals surface area contributed by atoms with Gasteiger partial charge in [0.2, 0.25) is 0 Å². The Morgan fingerprint density at radius 1 is 1.78 bits per heavy atom. The molecule has 0 aromatic carbocycles. The van der Waals surface area contributed by atoms with Crippen LogP contribution in [0, 0.1) is 18.4 Å². The van der Waals surface area contributed by atoms with Gasteiger partial charge in [0.15, 0.2) is 0 Å². The standard InChI is InChI=1S/C5H6NO3/c1-8-5(7)4-9-3-2-6/h1,3-4H2. The SMILES string of the molecule is [CH2]OC(=O)COCC#N. The molecule has 0 aliphatic heterocycles. The second kappa shape index (κ2) is 5.06. The van der Waals surface area contributed by atoms with Crippen LogP contribution in [-0.2, 0) is 14.3 Å². The summed E-state index contributed by atoms with van der Waals surface area (Å²) in [6.45, 7) is -0.313. The van der Waals surface area contributed by atoms with E-state index in [4.69, 9.17) is 5.26 Å². The second-order valence-electron chi connectivity index (χ2n) is 1.17. The molecule has 0 aliphatic carbocycles. The van der Waals surface area contributed by atoms with E-state index >= 15 is 0 Å². The van der Waals surface area contributed by atoms with Crippen LogP contribution in [0.5, 0.6) is 0 Å². The molecule has 0 saturated heterocycles. The van der Waals surface area contributed by atoms with Crippen molar-refractivity contribution in [2.24, 2.45) is 0 Å². The zero-order valence-electron chi connectivity index (χ0n) is 4.79. The van der Waals surface area contributed by atoms with Gasteiger partial charge in [-0.2, -0.15) is 5.26 Å². The van der Waals surface area contributed by atoms with E-state index in [2.05, 4.69) is 16.6 Å². The summed E-state index contributed by atoms with van der Waals surface area (Å²) >= 11 is 0. The van der Waals surface area contributed by atoms with Gasteiger partial charge in [0.05, 0.1) is 6.07 Å². The largest absolute Gasteiger partial charge is 0.460 e. The van der Waals surface area contributed by atoms with Gasteiger partial charge in [0, 0.05) is 0 Å². The van der Waals surface area contributed by atoms with Crippen molar-refractivity contribution < 1.29 is 14.3 Å². The molecule has 0 unspecified atom stereocenters. The minimum Gasteiger partial charge on any atom is -0.460 e. The zero-order chi connectivity index (χ0) is 7.11. The molecular formula is C5H6NO3. The lowest BCUT2D eigenvalue weighted by atomic mass is 10.7. The third-order valence-corrected chi connectivity index (χ3v) is 0.548. The van der Waals surface area contributed by atoms with Crippen molar-refractivity contribution in [3.8, 4) is 6.07 Å². The van der Waals surface area contributed by atoms with Crippen LogP contribution in [0.2, 0.25) is 0 Å². The molecule has 0 N–H and O–H groups in total. The number of carbonyl (C=O) groups excluding carboxylic acids is 1. The van der Waals surface area contributed by atoms with E-state index in [1.54, 1.807) is 6.07 Å². The molecule has 9 heavy (non-hydrogen) atoms. The maximum Gasteiger partial charge on any atom is 0.332 e. The van der Waals surface area contributed by atoms with Crippen LogP contribution >= 0.6 is 0 Å². The van der Waals surface area contributed by atoms with E-state index in [0.717, 1.165) is 0 Å². The van der Waals surface area contributed by atoms with Crippen LogP contribution in [0.25, 0.3) is 0 Å². The van der Waals surface area contributed by atoms with Gasteiger partial charge in [-0.25, -0.2) is 4.79 Å². The number of nitrogens with zero attached hydrogens (tertiary/aromatic N) is 1. The summed E-state index contributed by atoms with van der Waals surface area (Å²) in [6, 6.07) is 1.70. The lowest BCUT2D eigenvalue weighted by Crippen LogP contribution is -2.08. The number of hydrogen-bond acceptors (Lipinski definition) is 4. The molecule has 0 spiro atoms. The van der Waals surface area contributed by atoms with Crippen molar-refractivity contribution in [3.05, 3.63) is 7.11 Å². The van der Waals surface area contributed by atoms with Gasteiger partial charge < -0.3 is 9.47 Å². The molecule has 0 aliphatic rings. The number of ether oxygens (including phenoxy) is 2. The first-order chi connectivity index (χ1) is 4.31. The molecule has 0 fully saturated rings. The van der Waals surface area contributed by atoms with Crippen LogP contribution in [-0.4, -0.2) is 19.2 Å². The molecule has 0 saturated carbocycles. The highest BCUT2D eigenvalue weighted by Gasteiger charge is 1.96. The predicted molar refractivity (Wildman–Crippen MR) is 27.9 cm³/mol. The predicted octanol–water partition coefficient (Wildman–Crippen LogP) is -0.139. The summed E-state index contributed by atoms with van der Waals surface area (Å²) in [6.07, 6.45) is 0. The van der Waals surface area contributed by atoms with Crippen molar-refractivity contribution in [2.45, 2.75) is 0 Å². The van der Waals surface area contributed by atoms with E-state index in [-0.39, 0.29) is 13.2 Å². The number of nitriles is 1. The molecule has 0 aromatic heterocycles. The highest BCUT2D eigenvalue weighted by Crippen LogP contribution is 1.77. The Bertz CT molecular complexity index is 127. The molecule has 4 nitrogen and oxygen atoms in total. The van der Waals surface area contributed by atoms with Crippen LogP contribution < -0.4 is 0 Å². The lowest BCUT2D eigenvalue weighted by molar-refractivity contribution is -0.143. The summed E-state index contributed by atoms with van der Waals surface area (Å²) in [5.74, 6) is -0.578. The minimum absolute atomic E-state index is 0.102. The fraction of sp³-hybridized carbons (Fsp3) is 0.400.